The Kier molecular flexibility index (Phi) is 6.00. The number of hydrogen-bond acceptors (Lipinski definition) is 7. The molecule has 2 heterocycles. The van der Waals surface area contributed by atoms with Gasteiger partial charge in [-0.1, -0.05) is 6.07 Å². The first-order chi connectivity index (χ1) is 15.2. The van der Waals surface area contributed by atoms with Crippen molar-refractivity contribution in [1.82, 2.24) is 15.0 Å². The molecule has 1 aliphatic rings. The molecule has 10 heteroatoms. The number of aldehydes is 1. The number of aromatic nitrogens is 3. The fourth-order valence-electron chi connectivity index (χ4n) is 3.79. The highest BCUT2D eigenvalue weighted by Crippen LogP contribution is 2.42. The van der Waals surface area contributed by atoms with E-state index in [1.807, 2.05) is 13.0 Å². The number of halogens is 3. The molecule has 1 saturated carbocycles. The van der Waals surface area contributed by atoms with Gasteiger partial charge < -0.3 is 15.2 Å². The monoisotopic (exact) mass is 462 g/mol. The molecular formula is C22H21F3N4O2S. The van der Waals surface area contributed by atoms with E-state index in [1.54, 1.807) is 18.3 Å². The SMILES string of the molecule is Cc1cc(Nc2nccc(C(F)(F)F)n2)cc(-c2cnc(C3(O)CCC(C=O)CC3)s2)c1. The van der Waals surface area contributed by atoms with Gasteiger partial charge in [0.2, 0.25) is 5.95 Å². The van der Waals surface area contributed by atoms with Gasteiger partial charge in [0, 0.05) is 24.0 Å². The number of alkyl halides is 3. The van der Waals surface area contributed by atoms with E-state index >= 15 is 0 Å². The number of nitrogens with zero attached hydrogens (tertiary/aromatic N) is 3. The lowest BCUT2D eigenvalue weighted by Crippen LogP contribution is -2.31. The predicted molar refractivity (Wildman–Crippen MR) is 115 cm³/mol. The Bertz CT molecular complexity index is 1120. The van der Waals surface area contributed by atoms with Crippen molar-refractivity contribution in [2.24, 2.45) is 5.92 Å². The highest BCUT2D eigenvalue weighted by molar-refractivity contribution is 7.15. The molecule has 0 atom stereocenters. The number of benzene rings is 1. The summed E-state index contributed by atoms with van der Waals surface area (Å²) in [6, 6.07) is 6.31. The lowest BCUT2D eigenvalue weighted by molar-refractivity contribution is -0.141. The highest BCUT2D eigenvalue weighted by atomic mass is 32.1. The van der Waals surface area contributed by atoms with Gasteiger partial charge in [0.05, 0.1) is 4.88 Å². The predicted octanol–water partition coefficient (Wildman–Crippen LogP) is 5.25. The van der Waals surface area contributed by atoms with E-state index in [-0.39, 0.29) is 11.9 Å². The highest BCUT2D eigenvalue weighted by Gasteiger charge is 2.37. The number of aryl methyl sites for hydroxylation is 1. The second kappa shape index (κ2) is 8.59. The van der Waals surface area contributed by atoms with Crippen LogP contribution in [0.4, 0.5) is 24.8 Å². The topological polar surface area (TPSA) is 88.0 Å². The molecule has 0 spiro atoms. The smallest absolute Gasteiger partial charge is 0.383 e. The Morgan fingerprint density at radius 3 is 2.66 bits per heavy atom. The molecule has 32 heavy (non-hydrogen) atoms. The number of carbonyl (C=O) groups is 1. The third-order valence-corrected chi connectivity index (χ3v) is 6.76. The summed E-state index contributed by atoms with van der Waals surface area (Å²) < 4.78 is 38.8. The molecule has 168 valence electrons. The fourth-order valence-corrected chi connectivity index (χ4v) is 4.84. The fraction of sp³-hybridized carbons (Fsp3) is 0.364. The van der Waals surface area contributed by atoms with E-state index in [1.165, 1.54) is 11.3 Å². The van der Waals surface area contributed by atoms with Crippen molar-refractivity contribution >= 4 is 29.3 Å². The first-order valence-corrected chi connectivity index (χ1v) is 10.9. The van der Waals surface area contributed by atoms with Crippen LogP contribution in [0.3, 0.4) is 0 Å². The zero-order chi connectivity index (χ0) is 22.9. The first-order valence-electron chi connectivity index (χ1n) is 10.1. The Labute approximate surface area is 186 Å². The maximum absolute atomic E-state index is 12.9. The molecule has 4 rings (SSSR count). The summed E-state index contributed by atoms with van der Waals surface area (Å²) in [5, 5.41) is 14.5. The van der Waals surface area contributed by atoms with Crippen LogP contribution in [-0.4, -0.2) is 26.3 Å². The van der Waals surface area contributed by atoms with Crippen LogP contribution < -0.4 is 5.32 Å². The van der Waals surface area contributed by atoms with Gasteiger partial charge in [-0.15, -0.1) is 11.3 Å². The number of anilines is 2. The standard InChI is InChI=1S/C22H21F3N4O2S/c1-13-8-15(10-16(9-13)28-20-26-7-4-18(29-20)22(23,24)25)17-11-27-19(32-17)21(31)5-2-14(12-30)3-6-21/h4,7-12,14,31H,2-3,5-6H2,1H3,(H,26,28,29). The minimum Gasteiger partial charge on any atom is -0.383 e. The van der Waals surface area contributed by atoms with Crippen molar-refractivity contribution in [3.63, 3.8) is 0 Å². The van der Waals surface area contributed by atoms with Gasteiger partial charge in [-0.2, -0.15) is 13.2 Å². The number of aliphatic hydroxyl groups is 1. The number of rotatable bonds is 5. The van der Waals surface area contributed by atoms with Crippen molar-refractivity contribution < 1.29 is 23.1 Å². The largest absolute Gasteiger partial charge is 0.433 e. The van der Waals surface area contributed by atoms with E-state index in [9.17, 15) is 23.1 Å². The van der Waals surface area contributed by atoms with Crippen LogP contribution in [-0.2, 0) is 16.6 Å². The van der Waals surface area contributed by atoms with Gasteiger partial charge in [0.25, 0.3) is 0 Å². The molecule has 3 aromatic rings. The molecule has 0 saturated heterocycles. The summed E-state index contributed by atoms with van der Waals surface area (Å²) in [4.78, 5) is 23.7. The van der Waals surface area contributed by atoms with E-state index in [4.69, 9.17) is 0 Å². The van der Waals surface area contributed by atoms with Crippen molar-refractivity contribution in [2.45, 2.75) is 44.4 Å². The quantitative estimate of drug-likeness (QED) is 0.504. The van der Waals surface area contributed by atoms with Gasteiger partial charge in [0.1, 0.15) is 22.6 Å². The van der Waals surface area contributed by atoms with E-state index < -0.39 is 17.5 Å². The van der Waals surface area contributed by atoms with Crippen LogP contribution >= 0.6 is 11.3 Å². The molecule has 0 amide bonds. The number of hydrogen-bond donors (Lipinski definition) is 2. The lowest BCUT2D eigenvalue weighted by atomic mass is 9.80. The summed E-state index contributed by atoms with van der Waals surface area (Å²) >= 11 is 1.37. The average molecular weight is 462 g/mol. The van der Waals surface area contributed by atoms with Gasteiger partial charge in [0.15, 0.2) is 0 Å². The van der Waals surface area contributed by atoms with E-state index in [0.29, 0.717) is 36.4 Å². The summed E-state index contributed by atoms with van der Waals surface area (Å²) in [7, 11) is 0. The van der Waals surface area contributed by atoms with Gasteiger partial charge in [-0.3, -0.25) is 0 Å². The average Bonchev–Trinajstić information content (AvgIpc) is 3.25. The van der Waals surface area contributed by atoms with Crippen LogP contribution in [0.5, 0.6) is 0 Å². The molecule has 0 aliphatic heterocycles. The zero-order valence-corrected chi connectivity index (χ0v) is 18.0. The van der Waals surface area contributed by atoms with Crippen LogP contribution in [0, 0.1) is 12.8 Å². The van der Waals surface area contributed by atoms with E-state index in [2.05, 4.69) is 20.3 Å². The minimum absolute atomic E-state index is 0.0156. The van der Waals surface area contributed by atoms with Crippen LogP contribution in [0.25, 0.3) is 10.4 Å². The molecule has 1 aliphatic carbocycles. The third kappa shape index (κ3) is 4.81. The van der Waals surface area contributed by atoms with Crippen molar-refractivity contribution in [3.8, 4) is 10.4 Å². The zero-order valence-electron chi connectivity index (χ0n) is 17.2. The molecule has 1 fully saturated rings. The van der Waals surface area contributed by atoms with Crippen molar-refractivity contribution in [1.29, 1.82) is 0 Å². The van der Waals surface area contributed by atoms with Gasteiger partial charge >= 0.3 is 6.18 Å². The number of thiazole rings is 1. The summed E-state index contributed by atoms with van der Waals surface area (Å²) in [5.41, 5.74) is 0.177. The molecule has 2 N–H and O–H groups in total. The van der Waals surface area contributed by atoms with Crippen molar-refractivity contribution in [2.75, 3.05) is 5.32 Å². The van der Waals surface area contributed by atoms with Gasteiger partial charge in [-0.05, 0) is 61.9 Å². The summed E-state index contributed by atoms with van der Waals surface area (Å²) in [6.07, 6.45) is 1.36. The second-order valence-corrected chi connectivity index (χ2v) is 9.04. The van der Waals surface area contributed by atoms with Crippen LogP contribution in [0.15, 0.2) is 36.7 Å². The molecule has 2 aromatic heterocycles. The van der Waals surface area contributed by atoms with E-state index in [0.717, 1.165) is 34.6 Å². The number of nitrogens with one attached hydrogen (secondary N) is 1. The second-order valence-electron chi connectivity index (χ2n) is 8.01. The Morgan fingerprint density at radius 1 is 1.22 bits per heavy atom. The molecule has 0 radical (unpaired) electrons. The van der Waals surface area contributed by atoms with Crippen LogP contribution in [0.1, 0.15) is 41.9 Å². The van der Waals surface area contributed by atoms with Crippen LogP contribution in [0.2, 0.25) is 0 Å². The molecule has 0 bridgehead atoms. The molecular weight excluding hydrogens is 441 g/mol. The van der Waals surface area contributed by atoms with Gasteiger partial charge in [-0.25, -0.2) is 15.0 Å². The van der Waals surface area contributed by atoms with Crippen molar-refractivity contribution in [3.05, 3.63) is 52.9 Å². The Hall–Kier alpha value is -2.85. The minimum atomic E-state index is -4.55. The molecule has 1 aromatic carbocycles. The maximum atomic E-state index is 12.9. The maximum Gasteiger partial charge on any atom is 0.433 e. The molecule has 6 nitrogen and oxygen atoms in total. The Balaban J connectivity index is 1.57. The third-order valence-electron chi connectivity index (χ3n) is 5.52. The number of carbonyl (C=O) groups excluding carboxylic acids is 1. The Morgan fingerprint density at radius 2 is 1.97 bits per heavy atom. The normalized spacial score (nSPS) is 21.3. The lowest BCUT2D eigenvalue weighted by Gasteiger charge is -2.32. The molecule has 0 unspecified atom stereocenters. The first kappa shape index (κ1) is 22.3. The summed E-state index contributed by atoms with van der Waals surface area (Å²) in [6.45, 7) is 1.87. The summed E-state index contributed by atoms with van der Waals surface area (Å²) in [5.74, 6) is -0.166.